The van der Waals surface area contributed by atoms with Gasteiger partial charge < -0.3 is 34.2 Å². The van der Waals surface area contributed by atoms with Crippen LogP contribution in [0.4, 0.5) is 0 Å². The zero-order chi connectivity index (χ0) is 86.5. The van der Waals surface area contributed by atoms with Crippen LogP contribution in [-0.2, 0) is 55.8 Å². The fraction of sp³-hybridized carbons (Fsp3) is 0.733. The SMILES string of the molecule is CC/C=C\C/C=C\C/C=C\C/C=C\C/C=C\CCCCCCCCCCCCCCCCCCCC(=O)OCC(O)COP(=O)(O)OCC(O)COP(=O)(O)OCC(COC(=O)CCCCCCCCCCCCCCCCC/C=C\C/C=C\C/C=C\C/C=C\CCCCC)OC(=O)CCCCCCCC/C=C\C/C=C\C/C=C\CCCCC. The van der Waals surface area contributed by atoms with Crippen molar-refractivity contribution in [3.05, 3.63) is 146 Å². The average molecular weight is 1710 g/mol. The van der Waals surface area contributed by atoms with Gasteiger partial charge in [0.15, 0.2) is 6.10 Å². The first-order valence-electron chi connectivity index (χ1n) is 48.1. The highest BCUT2D eigenvalue weighted by molar-refractivity contribution is 7.47. The van der Waals surface area contributed by atoms with Crippen LogP contribution in [0.3, 0.4) is 0 Å². The van der Waals surface area contributed by atoms with Gasteiger partial charge >= 0.3 is 33.6 Å². The van der Waals surface area contributed by atoms with Crippen LogP contribution in [0.1, 0.15) is 419 Å². The normalized spacial score (nSPS) is 14.4. The number of unbranched alkanes of at least 4 members (excludes halogenated alkanes) is 44. The van der Waals surface area contributed by atoms with Crippen LogP contribution in [0.5, 0.6) is 0 Å². The molecule has 0 bridgehead atoms. The van der Waals surface area contributed by atoms with Gasteiger partial charge in [0.2, 0.25) is 0 Å². The van der Waals surface area contributed by atoms with E-state index in [-0.39, 0.29) is 19.3 Å². The lowest BCUT2D eigenvalue weighted by molar-refractivity contribution is -0.161. The fourth-order valence-corrected chi connectivity index (χ4v) is 14.8. The summed E-state index contributed by atoms with van der Waals surface area (Å²) in [5.41, 5.74) is 0. The number of aliphatic hydroxyl groups excluding tert-OH is 2. The molecule has 0 heterocycles. The summed E-state index contributed by atoms with van der Waals surface area (Å²) in [5.74, 6) is -1.57. The van der Waals surface area contributed by atoms with E-state index in [1.807, 2.05) is 0 Å². The highest BCUT2D eigenvalue weighted by Gasteiger charge is 2.30. The maximum Gasteiger partial charge on any atom is 0.472 e. The molecule has 0 fully saturated rings. The number of phosphoric acid groups is 2. The zero-order valence-electron chi connectivity index (χ0n) is 75.8. The summed E-state index contributed by atoms with van der Waals surface area (Å²) in [6, 6.07) is 0. The molecule has 0 radical (unpaired) electrons. The van der Waals surface area contributed by atoms with Gasteiger partial charge in [-0.25, -0.2) is 9.13 Å². The molecule has 0 saturated carbocycles. The van der Waals surface area contributed by atoms with Gasteiger partial charge in [0, 0.05) is 19.3 Å². The molecule has 5 atom stereocenters. The predicted molar refractivity (Wildman–Crippen MR) is 500 cm³/mol. The molecule has 686 valence electrons. The van der Waals surface area contributed by atoms with Crippen molar-refractivity contribution in [2.45, 2.75) is 437 Å². The smallest absolute Gasteiger partial charge is 0.463 e. The Morgan fingerprint density at radius 3 is 0.706 bits per heavy atom. The molecule has 0 spiro atoms. The minimum atomic E-state index is -4.94. The van der Waals surface area contributed by atoms with Crippen molar-refractivity contribution in [3.63, 3.8) is 0 Å². The third-order valence-corrected chi connectivity index (χ3v) is 22.4. The number of hydrogen-bond acceptors (Lipinski definition) is 14. The van der Waals surface area contributed by atoms with E-state index in [0.717, 1.165) is 148 Å². The molecule has 0 aliphatic rings. The van der Waals surface area contributed by atoms with Gasteiger partial charge in [-0.05, 0) is 148 Å². The minimum absolute atomic E-state index is 0.0893. The molecule has 0 saturated heterocycles. The van der Waals surface area contributed by atoms with E-state index >= 15 is 0 Å². The van der Waals surface area contributed by atoms with Crippen LogP contribution in [-0.4, -0.2) is 95.9 Å². The molecule has 0 aliphatic carbocycles. The van der Waals surface area contributed by atoms with Gasteiger partial charge in [0.1, 0.15) is 25.4 Å². The van der Waals surface area contributed by atoms with Crippen LogP contribution in [0, 0.1) is 0 Å². The van der Waals surface area contributed by atoms with Crippen molar-refractivity contribution >= 4 is 33.6 Å². The second-order valence-corrected chi connectivity index (χ2v) is 35.0. The van der Waals surface area contributed by atoms with E-state index < -0.39 is 91.5 Å². The third-order valence-electron chi connectivity index (χ3n) is 20.5. The number of phosphoric ester groups is 2. The Balaban J connectivity index is 4.52. The van der Waals surface area contributed by atoms with E-state index in [2.05, 4.69) is 167 Å². The Morgan fingerprint density at radius 2 is 0.445 bits per heavy atom. The van der Waals surface area contributed by atoms with Gasteiger partial charge in [-0.1, -0.05) is 398 Å². The Morgan fingerprint density at radius 1 is 0.244 bits per heavy atom. The van der Waals surface area contributed by atoms with Crippen LogP contribution in [0.2, 0.25) is 0 Å². The highest BCUT2D eigenvalue weighted by Crippen LogP contribution is 2.45. The van der Waals surface area contributed by atoms with Crippen molar-refractivity contribution in [3.8, 4) is 0 Å². The third kappa shape index (κ3) is 94.0. The van der Waals surface area contributed by atoms with Crippen molar-refractivity contribution in [2.24, 2.45) is 0 Å². The molecule has 5 unspecified atom stereocenters. The van der Waals surface area contributed by atoms with E-state index in [9.17, 15) is 43.5 Å². The highest BCUT2D eigenvalue weighted by atomic mass is 31.2. The Hall–Kier alpha value is -4.57. The summed E-state index contributed by atoms with van der Waals surface area (Å²) in [7, 11) is -9.81. The van der Waals surface area contributed by atoms with Crippen molar-refractivity contribution < 1.29 is 75.8 Å². The van der Waals surface area contributed by atoms with Crippen molar-refractivity contribution in [1.82, 2.24) is 0 Å². The summed E-state index contributed by atoms with van der Waals surface area (Å²) in [5, 5.41) is 20.7. The van der Waals surface area contributed by atoms with E-state index in [1.54, 1.807) is 0 Å². The van der Waals surface area contributed by atoms with E-state index in [0.29, 0.717) is 19.3 Å². The number of rotatable bonds is 91. The molecule has 0 aromatic heterocycles. The summed E-state index contributed by atoms with van der Waals surface area (Å²) in [6.07, 6.45) is 118. The molecule has 119 heavy (non-hydrogen) atoms. The Kier molecular flexibility index (Phi) is 89.1. The number of hydrogen-bond donors (Lipinski definition) is 4. The number of carbonyl (C=O) groups is 3. The fourth-order valence-electron chi connectivity index (χ4n) is 13.2. The second-order valence-electron chi connectivity index (χ2n) is 32.1. The standard InChI is InChI=1S/C101H176O16P2/c1-4-7-10-13-16-19-22-25-28-31-34-36-38-40-42-44-46-47-49-51-52-54-56-58-61-63-66-69-72-75-78-81-84-87-99(104)111-90-96(102)91-113-118(107,108)114-92-97(103)93-115-119(109,110)116-95-98(117-101(106)89-86-83-80-77-74-71-68-65-60-33-30-27-24-21-18-15-12-9-6-3)94-112-100(105)88-85-82-79-76-73-70-67-64-62-59-57-55-53-50-48-45-43-41-39-37-35-32-29-26-23-20-17-14-11-8-5-2/h7,10,16-21,25-30,34-37,40-43,60,65,96-98,102-103H,4-6,8-9,11-15,22-24,31-33,38-39,44-59,61-64,66-95H2,1-3H3,(H,107,108)(H,109,110)/b10-7-,19-16-,20-17-,21-18-,28-25-,29-26-,30-27-,36-34-,37-35-,42-40-,43-41-,65-60-. The monoisotopic (exact) mass is 1710 g/mol. The minimum Gasteiger partial charge on any atom is -0.463 e. The zero-order valence-corrected chi connectivity index (χ0v) is 77.5. The predicted octanol–water partition coefficient (Wildman–Crippen LogP) is 29.9. The molecule has 16 nitrogen and oxygen atoms in total. The number of ether oxygens (including phenoxy) is 3. The first kappa shape index (κ1) is 114. The molecule has 0 amide bonds. The first-order valence-corrected chi connectivity index (χ1v) is 51.1. The van der Waals surface area contributed by atoms with Crippen LogP contribution >= 0.6 is 15.6 Å². The van der Waals surface area contributed by atoms with E-state index in [4.69, 9.17) is 32.3 Å². The maximum atomic E-state index is 13.1. The van der Waals surface area contributed by atoms with Crippen LogP contribution in [0.25, 0.3) is 0 Å². The number of carbonyl (C=O) groups excluding carboxylic acids is 3. The second kappa shape index (κ2) is 92.6. The Bertz CT molecular complexity index is 2740. The molecule has 0 aromatic carbocycles. The van der Waals surface area contributed by atoms with Gasteiger partial charge in [-0.3, -0.25) is 32.5 Å². The topological polar surface area (TPSA) is 231 Å². The lowest BCUT2D eigenvalue weighted by atomic mass is 10.0. The largest absolute Gasteiger partial charge is 0.472 e. The molecular formula is C101H176O16P2. The molecular weight excluding hydrogens is 1530 g/mol. The van der Waals surface area contributed by atoms with Crippen LogP contribution in [0.15, 0.2) is 146 Å². The van der Waals surface area contributed by atoms with Crippen LogP contribution < -0.4 is 0 Å². The molecule has 0 aromatic rings. The number of aliphatic hydroxyl groups is 2. The van der Waals surface area contributed by atoms with Crippen molar-refractivity contribution in [1.29, 1.82) is 0 Å². The van der Waals surface area contributed by atoms with Gasteiger partial charge in [0.25, 0.3) is 0 Å². The molecule has 0 rings (SSSR count). The van der Waals surface area contributed by atoms with E-state index in [1.165, 1.54) is 212 Å². The molecule has 0 aliphatic heterocycles. The molecule has 4 N–H and O–H groups in total. The number of allylic oxidation sites excluding steroid dienone is 24. The van der Waals surface area contributed by atoms with Crippen molar-refractivity contribution in [2.75, 3.05) is 39.6 Å². The molecule has 18 heteroatoms. The summed E-state index contributed by atoms with van der Waals surface area (Å²) < 4.78 is 61.5. The quantitative estimate of drug-likeness (QED) is 0.0146. The summed E-state index contributed by atoms with van der Waals surface area (Å²) in [4.78, 5) is 59.0. The average Bonchev–Trinajstić information content (AvgIpc) is 0.941. The van der Waals surface area contributed by atoms with Gasteiger partial charge in [0.05, 0.1) is 26.4 Å². The van der Waals surface area contributed by atoms with Gasteiger partial charge in [-0.2, -0.15) is 0 Å². The lowest BCUT2D eigenvalue weighted by Crippen LogP contribution is -2.30. The van der Waals surface area contributed by atoms with Gasteiger partial charge in [-0.15, -0.1) is 0 Å². The summed E-state index contributed by atoms with van der Waals surface area (Å²) >= 11 is 0. The Labute approximate surface area is 728 Å². The number of esters is 3. The maximum absolute atomic E-state index is 13.1. The lowest BCUT2D eigenvalue weighted by Gasteiger charge is -2.21. The first-order chi connectivity index (χ1) is 58.2. The summed E-state index contributed by atoms with van der Waals surface area (Å²) in [6.45, 7) is 2.56.